The van der Waals surface area contributed by atoms with Gasteiger partial charge in [-0.25, -0.2) is 0 Å². The second-order valence-corrected chi connectivity index (χ2v) is 5.25. The minimum Gasteiger partial charge on any atom is -0.369 e. The van der Waals surface area contributed by atoms with E-state index in [-0.39, 0.29) is 36.7 Å². The van der Waals surface area contributed by atoms with Crippen LogP contribution in [0.25, 0.3) is 0 Å². The Kier molecular flexibility index (Phi) is 6.81. The van der Waals surface area contributed by atoms with Crippen LogP contribution in [0.5, 0.6) is 0 Å². The monoisotopic (exact) mass is 283 g/mol. The molecule has 0 saturated carbocycles. The maximum atomic E-state index is 11.3. The van der Waals surface area contributed by atoms with Crippen LogP contribution in [-0.2, 0) is 9.53 Å². The number of carbonyl (C=O) groups excluding carboxylic acids is 1. The first-order chi connectivity index (χ1) is 9.51. The predicted octanol–water partition coefficient (Wildman–Crippen LogP) is 1.49. The van der Waals surface area contributed by atoms with E-state index in [1.54, 1.807) is 0 Å². The van der Waals surface area contributed by atoms with Crippen LogP contribution in [0.1, 0.15) is 40.0 Å². The molecular weight excluding hydrogens is 258 g/mol. The molecule has 0 bridgehead atoms. The summed E-state index contributed by atoms with van der Waals surface area (Å²) in [7, 11) is 0. The van der Waals surface area contributed by atoms with Crippen LogP contribution in [0.15, 0.2) is 16.8 Å². The van der Waals surface area contributed by atoms with Crippen LogP contribution >= 0.6 is 0 Å². The highest BCUT2D eigenvalue weighted by molar-refractivity contribution is 5.73. The van der Waals surface area contributed by atoms with Gasteiger partial charge < -0.3 is 15.8 Å². The number of amides is 1. The van der Waals surface area contributed by atoms with Gasteiger partial charge in [-0.1, -0.05) is 25.1 Å². The molecule has 0 aromatic rings. The predicted molar refractivity (Wildman–Crippen MR) is 78.2 cm³/mol. The van der Waals surface area contributed by atoms with Crippen molar-refractivity contribution in [3.8, 4) is 0 Å². The van der Waals surface area contributed by atoms with Gasteiger partial charge in [0.25, 0.3) is 0 Å². The minimum absolute atomic E-state index is 0.114. The van der Waals surface area contributed by atoms with Gasteiger partial charge in [-0.05, 0) is 24.8 Å². The normalized spacial score (nSPS) is 26.2. The molecule has 0 unspecified atom stereocenters. The fourth-order valence-corrected chi connectivity index (χ4v) is 2.53. The number of rotatable bonds is 7. The molecule has 114 valence electrons. The molecule has 0 fully saturated rings. The van der Waals surface area contributed by atoms with Crippen molar-refractivity contribution in [2.45, 2.75) is 64.3 Å². The Hall–Kier alpha value is -1.27. The average Bonchev–Trinajstić information content (AvgIpc) is 2.39. The van der Waals surface area contributed by atoms with Gasteiger partial charge in [-0.15, -0.1) is 0 Å². The van der Waals surface area contributed by atoms with Gasteiger partial charge in [0, 0.05) is 13.0 Å². The number of carbonyl (C=O) groups is 1. The van der Waals surface area contributed by atoms with Crippen molar-refractivity contribution in [3.63, 3.8) is 0 Å². The number of nitrogens with one attached hydrogen (secondary N) is 1. The van der Waals surface area contributed by atoms with Crippen LogP contribution < -0.4 is 11.1 Å². The highest BCUT2D eigenvalue weighted by Crippen LogP contribution is 2.23. The van der Waals surface area contributed by atoms with Crippen molar-refractivity contribution in [2.24, 2.45) is 10.9 Å². The first-order valence-electron chi connectivity index (χ1n) is 7.18. The molecule has 1 amide bonds. The van der Waals surface area contributed by atoms with Crippen molar-refractivity contribution in [3.05, 3.63) is 16.6 Å². The van der Waals surface area contributed by atoms with E-state index in [4.69, 9.17) is 10.5 Å². The molecule has 20 heavy (non-hydrogen) atoms. The summed E-state index contributed by atoms with van der Waals surface area (Å²) in [6, 6.07) is -0.525. The Bertz CT molecular complexity index is 367. The molecule has 1 rings (SSSR count). The quantitative estimate of drug-likeness (QED) is 0.546. The number of nitrogens with zero attached hydrogens (tertiary/aromatic N) is 1. The van der Waals surface area contributed by atoms with E-state index in [2.05, 4.69) is 24.3 Å². The van der Waals surface area contributed by atoms with E-state index in [9.17, 15) is 9.70 Å². The number of hydrogen-bond acceptors (Lipinski definition) is 5. The van der Waals surface area contributed by atoms with E-state index < -0.39 is 0 Å². The Balaban J connectivity index is 2.89. The molecule has 0 saturated heterocycles. The topological polar surface area (TPSA) is 93.8 Å². The van der Waals surface area contributed by atoms with E-state index >= 15 is 0 Å². The standard InChI is InChI=1S/C14H25N3O3/c1-4-11(5-2)20-13-7-10(8-16-19)6-12(15)14(13)17-9(3)18/h7,11-14H,4-6,8,15H2,1-3H3,(H,17,18)/t12-,13+,14+/m0/s1. The third-order valence-corrected chi connectivity index (χ3v) is 3.61. The Morgan fingerprint density at radius 3 is 2.70 bits per heavy atom. The van der Waals surface area contributed by atoms with E-state index in [1.807, 2.05) is 6.08 Å². The second kappa shape index (κ2) is 8.11. The number of hydrogen-bond donors (Lipinski definition) is 2. The lowest BCUT2D eigenvalue weighted by molar-refractivity contribution is -0.121. The first kappa shape index (κ1) is 16.8. The fourth-order valence-electron chi connectivity index (χ4n) is 2.53. The van der Waals surface area contributed by atoms with Gasteiger partial charge >= 0.3 is 0 Å². The zero-order valence-corrected chi connectivity index (χ0v) is 12.5. The summed E-state index contributed by atoms with van der Waals surface area (Å²) in [5, 5.41) is 5.77. The number of ether oxygens (including phenoxy) is 1. The molecule has 1 aliphatic carbocycles. The molecule has 1 aliphatic rings. The van der Waals surface area contributed by atoms with Crippen molar-refractivity contribution in [1.29, 1.82) is 0 Å². The summed E-state index contributed by atoms with van der Waals surface area (Å²) < 4.78 is 6.04. The number of nitrogens with two attached hydrogens (primary N) is 1. The highest BCUT2D eigenvalue weighted by atomic mass is 16.5. The third-order valence-electron chi connectivity index (χ3n) is 3.61. The second-order valence-electron chi connectivity index (χ2n) is 5.25. The molecule has 0 aromatic heterocycles. The molecule has 0 radical (unpaired) electrons. The zero-order valence-electron chi connectivity index (χ0n) is 12.5. The van der Waals surface area contributed by atoms with Gasteiger partial charge in [0.1, 0.15) is 6.54 Å². The average molecular weight is 283 g/mol. The maximum Gasteiger partial charge on any atom is 0.217 e. The zero-order chi connectivity index (χ0) is 15.1. The molecule has 6 heteroatoms. The summed E-state index contributed by atoms with van der Waals surface area (Å²) in [4.78, 5) is 21.8. The van der Waals surface area contributed by atoms with Crippen LogP contribution in [0, 0.1) is 4.91 Å². The van der Waals surface area contributed by atoms with E-state index in [0.29, 0.717) is 6.42 Å². The molecule has 3 atom stereocenters. The Morgan fingerprint density at radius 1 is 1.55 bits per heavy atom. The largest absolute Gasteiger partial charge is 0.369 e. The fraction of sp³-hybridized carbons (Fsp3) is 0.786. The van der Waals surface area contributed by atoms with Gasteiger partial charge in [0.15, 0.2) is 0 Å². The van der Waals surface area contributed by atoms with Crippen LogP contribution in [-0.4, -0.2) is 36.7 Å². The van der Waals surface area contributed by atoms with Gasteiger partial charge in [-0.3, -0.25) is 4.79 Å². The lowest BCUT2D eigenvalue weighted by Crippen LogP contribution is -2.56. The molecule has 3 N–H and O–H groups in total. The first-order valence-corrected chi connectivity index (χ1v) is 7.18. The summed E-state index contributed by atoms with van der Waals surface area (Å²) in [6.07, 6.45) is 4.05. The maximum absolute atomic E-state index is 11.3. The van der Waals surface area contributed by atoms with Crippen molar-refractivity contribution in [2.75, 3.05) is 6.54 Å². The van der Waals surface area contributed by atoms with Crippen molar-refractivity contribution < 1.29 is 9.53 Å². The summed E-state index contributed by atoms with van der Waals surface area (Å²) >= 11 is 0. The minimum atomic E-state index is -0.302. The third kappa shape index (κ3) is 4.68. The molecule has 6 nitrogen and oxygen atoms in total. The summed E-state index contributed by atoms with van der Waals surface area (Å²) in [6.45, 7) is 5.71. The van der Waals surface area contributed by atoms with Gasteiger partial charge in [0.2, 0.25) is 5.91 Å². The smallest absolute Gasteiger partial charge is 0.217 e. The lowest BCUT2D eigenvalue weighted by Gasteiger charge is -2.36. The Labute approximate surface area is 120 Å². The van der Waals surface area contributed by atoms with Gasteiger partial charge in [0.05, 0.1) is 18.2 Å². The lowest BCUT2D eigenvalue weighted by atomic mass is 9.88. The SMILES string of the molecule is CCC(CC)O[C@@H]1C=C(CN=O)C[C@H](N)[C@H]1NC(C)=O. The molecule has 0 aliphatic heterocycles. The molecule has 0 heterocycles. The van der Waals surface area contributed by atoms with Crippen LogP contribution in [0.3, 0.4) is 0 Å². The molecule has 0 spiro atoms. The molecular formula is C14H25N3O3. The van der Waals surface area contributed by atoms with Crippen molar-refractivity contribution >= 4 is 5.91 Å². The van der Waals surface area contributed by atoms with E-state index in [0.717, 1.165) is 18.4 Å². The summed E-state index contributed by atoms with van der Waals surface area (Å²) in [5.41, 5.74) is 7.00. The van der Waals surface area contributed by atoms with Gasteiger partial charge in [-0.2, -0.15) is 4.91 Å². The number of nitroso groups, excluding NO2 is 1. The van der Waals surface area contributed by atoms with E-state index in [1.165, 1.54) is 6.92 Å². The van der Waals surface area contributed by atoms with Crippen molar-refractivity contribution in [1.82, 2.24) is 5.32 Å². The van der Waals surface area contributed by atoms with Crippen LogP contribution in [0.2, 0.25) is 0 Å². The van der Waals surface area contributed by atoms with Crippen LogP contribution in [0.4, 0.5) is 0 Å². The Morgan fingerprint density at radius 2 is 2.20 bits per heavy atom. The highest BCUT2D eigenvalue weighted by Gasteiger charge is 2.33. The summed E-state index contributed by atoms with van der Waals surface area (Å²) in [5.74, 6) is -0.131. The molecule has 0 aromatic carbocycles.